The van der Waals surface area contributed by atoms with Crippen LogP contribution in [0.15, 0.2) is 48.5 Å². The number of rotatable bonds is 5. The highest BCUT2D eigenvalue weighted by molar-refractivity contribution is 5.40. The van der Waals surface area contributed by atoms with E-state index in [1.165, 1.54) is 11.0 Å². The van der Waals surface area contributed by atoms with Crippen LogP contribution in [0.1, 0.15) is 17.5 Å². The zero-order chi connectivity index (χ0) is 18.8. The van der Waals surface area contributed by atoms with Crippen molar-refractivity contribution < 1.29 is 28.1 Å². The molecule has 1 unspecified atom stereocenters. The number of hydrogen-bond acceptors (Lipinski definition) is 4. The van der Waals surface area contributed by atoms with Gasteiger partial charge >= 0.3 is 6.18 Å². The molecule has 3 rings (SSSR count). The maximum Gasteiger partial charge on any atom is 0.418 e. The van der Waals surface area contributed by atoms with Gasteiger partial charge < -0.3 is 14.9 Å². The number of aromatic hydroxyl groups is 1. The van der Waals surface area contributed by atoms with E-state index in [1.54, 1.807) is 12.1 Å². The molecule has 0 aromatic heterocycles. The van der Waals surface area contributed by atoms with E-state index in [0.717, 1.165) is 5.56 Å². The molecule has 4 nitrogen and oxygen atoms in total. The number of benzene rings is 2. The zero-order valence-electron chi connectivity index (χ0n) is 14.0. The molecule has 0 amide bonds. The number of aliphatic hydroxyl groups is 1. The molecule has 0 radical (unpaired) electrons. The average Bonchev–Trinajstić information content (AvgIpc) is 2.98. The van der Waals surface area contributed by atoms with E-state index in [1.807, 2.05) is 30.3 Å². The summed E-state index contributed by atoms with van der Waals surface area (Å²) in [5, 5.41) is 19.9. The first-order valence-corrected chi connectivity index (χ1v) is 8.27. The van der Waals surface area contributed by atoms with Gasteiger partial charge in [0.15, 0.2) is 5.60 Å². The topological polar surface area (TPSA) is 52.9 Å². The van der Waals surface area contributed by atoms with Gasteiger partial charge in [0.1, 0.15) is 18.1 Å². The minimum absolute atomic E-state index is 0.0435. The Morgan fingerprint density at radius 2 is 1.85 bits per heavy atom. The van der Waals surface area contributed by atoms with Crippen LogP contribution in [0, 0.1) is 0 Å². The molecule has 0 aliphatic carbocycles. The van der Waals surface area contributed by atoms with Crippen molar-refractivity contribution in [2.24, 2.45) is 0 Å². The van der Waals surface area contributed by atoms with Crippen LogP contribution in [-0.4, -0.2) is 40.0 Å². The quantitative estimate of drug-likeness (QED) is 0.850. The highest BCUT2D eigenvalue weighted by atomic mass is 19.4. The SMILES string of the molecule is Oc1cc(OCc2ccccc2)ccc1CN1CCC(O)(C(F)(F)F)C1. The van der Waals surface area contributed by atoms with E-state index in [-0.39, 0.29) is 25.3 Å². The number of alkyl halides is 3. The van der Waals surface area contributed by atoms with Crippen LogP contribution >= 0.6 is 0 Å². The molecule has 0 bridgehead atoms. The molecule has 1 fully saturated rings. The Bertz CT molecular complexity index is 751. The Kier molecular flexibility index (Phi) is 5.11. The lowest BCUT2D eigenvalue weighted by Gasteiger charge is -2.26. The van der Waals surface area contributed by atoms with Crippen molar-refractivity contribution in [3.05, 3.63) is 59.7 Å². The number of hydrogen-bond donors (Lipinski definition) is 2. The molecular weight excluding hydrogens is 347 g/mol. The van der Waals surface area contributed by atoms with Crippen molar-refractivity contribution in [2.45, 2.75) is 31.3 Å². The molecular formula is C19H20F3NO3. The third kappa shape index (κ3) is 4.11. The van der Waals surface area contributed by atoms with Crippen LogP contribution in [0.3, 0.4) is 0 Å². The predicted molar refractivity (Wildman–Crippen MR) is 89.8 cm³/mol. The number of nitrogens with zero attached hydrogens (tertiary/aromatic N) is 1. The molecule has 1 atom stereocenters. The third-order valence-electron chi connectivity index (χ3n) is 4.55. The molecule has 2 N–H and O–H groups in total. The summed E-state index contributed by atoms with van der Waals surface area (Å²) in [5.74, 6) is 0.432. The summed E-state index contributed by atoms with van der Waals surface area (Å²) < 4.78 is 44.2. The van der Waals surface area contributed by atoms with Crippen LogP contribution in [0.2, 0.25) is 0 Å². The van der Waals surface area contributed by atoms with Gasteiger partial charge in [-0.2, -0.15) is 13.2 Å². The summed E-state index contributed by atoms with van der Waals surface area (Å²) in [7, 11) is 0. The first kappa shape index (κ1) is 18.5. The highest BCUT2D eigenvalue weighted by Gasteiger charge is 2.56. The lowest BCUT2D eigenvalue weighted by molar-refractivity contribution is -0.254. The van der Waals surface area contributed by atoms with Crippen LogP contribution < -0.4 is 4.74 Å². The molecule has 0 saturated carbocycles. The largest absolute Gasteiger partial charge is 0.507 e. The van der Waals surface area contributed by atoms with Crippen LogP contribution in [-0.2, 0) is 13.2 Å². The van der Waals surface area contributed by atoms with Crippen molar-refractivity contribution in [2.75, 3.05) is 13.1 Å². The monoisotopic (exact) mass is 367 g/mol. The summed E-state index contributed by atoms with van der Waals surface area (Å²) in [5.41, 5.74) is -1.20. The number of likely N-dealkylation sites (tertiary alicyclic amines) is 1. The first-order valence-electron chi connectivity index (χ1n) is 8.27. The van der Waals surface area contributed by atoms with Crippen molar-refractivity contribution in [1.29, 1.82) is 0 Å². The van der Waals surface area contributed by atoms with Gasteiger partial charge in [-0.15, -0.1) is 0 Å². The van der Waals surface area contributed by atoms with Gasteiger partial charge in [-0.05, 0) is 18.1 Å². The van der Waals surface area contributed by atoms with Crippen molar-refractivity contribution >= 4 is 0 Å². The zero-order valence-corrected chi connectivity index (χ0v) is 14.0. The van der Waals surface area contributed by atoms with Crippen LogP contribution in [0.25, 0.3) is 0 Å². The van der Waals surface area contributed by atoms with Gasteiger partial charge in [0.05, 0.1) is 0 Å². The number of halogens is 3. The second-order valence-corrected chi connectivity index (χ2v) is 6.55. The van der Waals surface area contributed by atoms with Crippen LogP contribution in [0.4, 0.5) is 13.2 Å². The summed E-state index contributed by atoms with van der Waals surface area (Å²) in [6.45, 7) is 0.0947. The fraction of sp³-hybridized carbons (Fsp3) is 0.368. The molecule has 1 aliphatic rings. The van der Waals surface area contributed by atoms with Crippen molar-refractivity contribution in [1.82, 2.24) is 4.90 Å². The molecule has 7 heteroatoms. The maximum atomic E-state index is 12.9. The maximum absolute atomic E-state index is 12.9. The molecule has 140 valence electrons. The van der Waals surface area contributed by atoms with E-state index in [9.17, 15) is 23.4 Å². The molecule has 0 spiro atoms. The molecule has 2 aromatic carbocycles. The van der Waals surface area contributed by atoms with E-state index in [2.05, 4.69) is 0 Å². The van der Waals surface area contributed by atoms with Gasteiger partial charge in [0.25, 0.3) is 0 Å². The summed E-state index contributed by atoms with van der Waals surface area (Å²) in [4.78, 5) is 1.48. The summed E-state index contributed by atoms with van der Waals surface area (Å²) in [6, 6.07) is 14.3. The van der Waals surface area contributed by atoms with Gasteiger partial charge in [0, 0.05) is 31.3 Å². The highest BCUT2D eigenvalue weighted by Crippen LogP contribution is 2.38. The fourth-order valence-electron chi connectivity index (χ4n) is 2.99. The lowest BCUT2D eigenvalue weighted by atomic mass is 10.0. The Balaban J connectivity index is 1.60. The smallest absolute Gasteiger partial charge is 0.418 e. The minimum atomic E-state index is -4.65. The number of phenols is 1. The van der Waals surface area contributed by atoms with E-state index < -0.39 is 18.3 Å². The van der Waals surface area contributed by atoms with Crippen molar-refractivity contribution in [3.63, 3.8) is 0 Å². The second kappa shape index (κ2) is 7.17. The predicted octanol–water partition coefficient (Wildman–Crippen LogP) is 3.47. The normalized spacial score (nSPS) is 21.1. The standard InChI is InChI=1S/C19H20F3NO3/c20-19(21,22)18(25)8-9-23(13-18)11-15-6-7-16(10-17(15)24)26-12-14-4-2-1-3-5-14/h1-7,10,24-25H,8-9,11-13H2. The Morgan fingerprint density at radius 3 is 2.46 bits per heavy atom. The van der Waals surface area contributed by atoms with Gasteiger partial charge in [-0.1, -0.05) is 36.4 Å². The van der Waals surface area contributed by atoms with E-state index in [0.29, 0.717) is 17.9 Å². The van der Waals surface area contributed by atoms with Crippen LogP contribution in [0.5, 0.6) is 11.5 Å². The Hall–Kier alpha value is -2.25. The Labute approximate surface area is 149 Å². The fourth-order valence-corrected chi connectivity index (χ4v) is 2.99. The van der Waals surface area contributed by atoms with E-state index >= 15 is 0 Å². The number of ether oxygens (including phenoxy) is 1. The minimum Gasteiger partial charge on any atom is -0.507 e. The third-order valence-corrected chi connectivity index (χ3v) is 4.55. The average molecular weight is 367 g/mol. The molecule has 1 saturated heterocycles. The summed E-state index contributed by atoms with van der Waals surface area (Å²) >= 11 is 0. The summed E-state index contributed by atoms with van der Waals surface area (Å²) in [6.07, 6.45) is -5.02. The van der Waals surface area contributed by atoms with Gasteiger partial charge in [-0.25, -0.2) is 0 Å². The number of phenolic OH excluding ortho intramolecular Hbond substituents is 1. The van der Waals surface area contributed by atoms with E-state index in [4.69, 9.17) is 4.74 Å². The first-order chi connectivity index (χ1) is 12.3. The molecule has 1 heterocycles. The van der Waals surface area contributed by atoms with Gasteiger partial charge in [0.2, 0.25) is 0 Å². The van der Waals surface area contributed by atoms with Crippen molar-refractivity contribution in [3.8, 4) is 11.5 Å². The second-order valence-electron chi connectivity index (χ2n) is 6.55. The molecule has 2 aromatic rings. The Morgan fingerprint density at radius 1 is 1.12 bits per heavy atom. The molecule has 26 heavy (non-hydrogen) atoms. The van der Waals surface area contributed by atoms with Gasteiger partial charge in [-0.3, -0.25) is 4.90 Å². The number of β-amino-alcohol motifs (C(OH)–C–C–N with tert-alkyl or cyclic N) is 1. The lowest BCUT2D eigenvalue weighted by Crippen LogP contribution is -2.47. The molecule has 1 aliphatic heterocycles.